The van der Waals surface area contributed by atoms with Crippen LogP contribution in [0.2, 0.25) is 0 Å². The van der Waals surface area contributed by atoms with Gasteiger partial charge >= 0.3 is 6.09 Å². The van der Waals surface area contributed by atoms with Crippen LogP contribution in [0.3, 0.4) is 0 Å². The van der Waals surface area contributed by atoms with Crippen LogP contribution in [0.15, 0.2) is 67.0 Å². The summed E-state index contributed by atoms with van der Waals surface area (Å²) in [5.74, 6) is 1.73. The van der Waals surface area contributed by atoms with Crippen molar-refractivity contribution in [2.75, 3.05) is 4.90 Å². The molecule has 3 atom stereocenters. The molecule has 0 saturated carbocycles. The average molecular weight is 470 g/mol. The number of carbonyl (C=O) groups is 1. The number of rotatable bonds is 2. The van der Waals surface area contributed by atoms with E-state index in [0.29, 0.717) is 0 Å². The first-order chi connectivity index (χ1) is 16.9. The number of carbonyl (C=O) groups excluding carboxylic acids is 1. The first kappa shape index (κ1) is 22.0. The summed E-state index contributed by atoms with van der Waals surface area (Å²) in [7, 11) is 0. The standard InChI is InChI=1S/C29H31N3O3/c1-29(2,3)35-28(33)31-21-9-10-22(31)18-23(17-21)32-24-6-4-5-7-26(24)34-27-16-20(8-11-25(27)32)19-12-14-30-15-13-19/h4-8,11-16,21-23H,9-10,17-18H2,1-3H3/t21-,22+,23+. The minimum absolute atomic E-state index is 0.173. The highest BCUT2D eigenvalue weighted by molar-refractivity contribution is 5.82. The summed E-state index contributed by atoms with van der Waals surface area (Å²) in [4.78, 5) is 21.6. The molecule has 6 rings (SSSR count). The van der Waals surface area contributed by atoms with Crippen molar-refractivity contribution in [3.05, 3.63) is 67.0 Å². The van der Waals surface area contributed by atoms with Gasteiger partial charge in [-0.15, -0.1) is 0 Å². The molecule has 180 valence electrons. The molecule has 3 aliphatic heterocycles. The van der Waals surface area contributed by atoms with Crippen molar-refractivity contribution in [2.45, 2.75) is 70.2 Å². The van der Waals surface area contributed by atoms with Gasteiger partial charge in [-0.25, -0.2) is 4.79 Å². The van der Waals surface area contributed by atoms with Gasteiger partial charge in [-0.2, -0.15) is 0 Å². The molecular weight excluding hydrogens is 438 g/mol. The van der Waals surface area contributed by atoms with Gasteiger partial charge in [-0.05, 0) is 94.0 Å². The van der Waals surface area contributed by atoms with Crippen molar-refractivity contribution < 1.29 is 14.3 Å². The second kappa shape index (κ2) is 8.29. The minimum atomic E-state index is -0.484. The van der Waals surface area contributed by atoms with Crippen molar-refractivity contribution in [3.8, 4) is 22.6 Å². The van der Waals surface area contributed by atoms with E-state index in [1.165, 1.54) is 0 Å². The molecule has 0 radical (unpaired) electrons. The molecule has 1 amide bonds. The predicted molar refractivity (Wildman–Crippen MR) is 136 cm³/mol. The third kappa shape index (κ3) is 4.01. The molecule has 4 heterocycles. The second-order valence-electron chi connectivity index (χ2n) is 10.8. The Morgan fingerprint density at radius 3 is 2.29 bits per heavy atom. The Balaban J connectivity index is 1.33. The summed E-state index contributed by atoms with van der Waals surface area (Å²) in [5.41, 5.74) is 3.90. The molecule has 3 aromatic rings. The number of piperidine rings is 1. The quantitative estimate of drug-likeness (QED) is 0.408. The zero-order valence-electron chi connectivity index (χ0n) is 20.5. The molecule has 2 bridgehead atoms. The van der Waals surface area contributed by atoms with E-state index < -0.39 is 5.60 Å². The first-order valence-corrected chi connectivity index (χ1v) is 12.5. The highest BCUT2D eigenvalue weighted by atomic mass is 16.6. The van der Waals surface area contributed by atoms with Crippen molar-refractivity contribution in [2.24, 2.45) is 0 Å². The molecule has 2 saturated heterocycles. The molecule has 0 spiro atoms. The maximum Gasteiger partial charge on any atom is 0.410 e. The van der Waals surface area contributed by atoms with E-state index in [1.807, 2.05) is 62.3 Å². The molecule has 0 N–H and O–H groups in total. The van der Waals surface area contributed by atoms with Crippen LogP contribution in [0.4, 0.5) is 16.2 Å². The highest BCUT2D eigenvalue weighted by Gasteiger charge is 2.47. The number of aromatic nitrogens is 1. The monoisotopic (exact) mass is 469 g/mol. The van der Waals surface area contributed by atoms with E-state index in [0.717, 1.165) is 59.7 Å². The zero-order chi connectivity index (χ0) is 24.2. The van der Waals surface area contributed by atoms with E-state index >= 15 is 0 Å². The Labute approximate surface area is 206 Å². The lowest BCUT2D eigenvalue weighted by Crippen LogP contribution is -2.53. The molecular formula is C29H31N3O3. The van der Waals surface area contributed by atoms with Gasteiger partial charge < -0.3 is 19.3 Å². The lowest BCUT2D eigenvalue weighted by molar-refractivity contribution is 0.00613. The lowest BCUT2D eigenvalue weighted by atomic mass is 9.94. The van der Waals surface area contributed by atoms with Crippen LogP contribution < -0.4 is 9.64 Å². The Kier molecular flexibility index (Phi) is 5.20. The van der Waals surface area contributed by atoms with E-state index in [2.05, 4.69) is 40.2 Å². The number of para-hydroxylation sites is 2. The average Bonchev–Trinajstić information content (AvgIpc) is 3.11. The molecule has 2 fully saturated rings. The van der Waals surface area contributed by atoms with Gasteiger partial charge in [0.2, 0.25) is 0 Å². The van der Waals surface area contributed by atoms with Gasteiger partial charge in [0, 0.05) is 30.5 Å². The number of ether oxygens (including phenoxy) is 2. The van der Waals surface area contributed by atoms with Crippen LogP contribution in [-0.4, -0.2) is 39.7 Å². The minimum Gasteiger partial charge on any atom is -0.453 e. The largest absolute Gasteiger partial charge is 0.453 e. The summed E-state index contributed by atoms with van der Waals surface area (Å²) >= 11 is 0. The number of benzene rings is 2. The summed E-state index contributed by atoms with van der Waals surface area (Å²) in [6.07, 6.45) is 7.33. The third-order valence-corrected chi connectivity index (χ3v) is 7.26. The number of pyridine rings is 1. The Bertz CT molecular complexity index is 1240. The van der Waals surface area contributed by atoms with Crippen molar-refractivity contribution in [1.29, 1.82) is 0 Å². The maximum absolute atomic E-state index is 13.0. The van der Waals surface area contributed by atoms with E-state index in [4.69, 9.17) is 9.47 Å². The first-order valence-electron chi connectivity index (χ1n) is 12.5. The fourth-order valence-corrected chi connectivity index (χ4v) is 5.87. The lowest BCUT2D eigenvalue weighted by Gasteiger charge is -2.45. The van der Waals surface area contributed by atoms with Crippen LogP contribution >= 0.6 is 0 Å². The summed E-state index contributed by atoms with van der Waals surface area (Å²) in [5, 5.41) is 0. The van der Waals surface area contributed by atoms with E-state index in [-0.39, 0.29) is 24.2 Å². The topological polar surface area (TPSA) is 54.9 Å². The van der Waals surface area contributed by atoms with Crippen LogP contribution in [0.1, 0.15) is 46.5 Å². The SMILES string of the molecule is CC(C)(C)OC(=O)N1[C@@H]2CC[C@H]1C[C@@H](N1c3ccccc3Oc3cc(-c4ccncc4)ccc31)C2. The van der Waals surface area contributed by atoms with E-state index in [1.54, 1.807) is 0 Å². The van der Waals surface area contributed by atoms with Crippen LogP contribution in [0.25, 0.3) is 11.1 Å². The molecule has 2 aromatic carbocycles. The number of amides is 1. The van der Waals surface area contributed by atoms with Gasteiger partial charge in [0.15, 0.2) is 11.5 Å². The maximum atomic E-state index is 13.0. The van der Waals surface area contributed by atoms with Gasteiger partial charge in [-0.1, -0.05) is 18.2 Å². The Morgan fingerprint density at radius 1 is 0.886 bits per heavy atom. The zero-order valence-corrected chi connectivity index (χ0v) is 20.5. The smallest absolute Gasteiger partial charge is 0.410 e. The van der Waals surface area contributed by atoms with Gasteiger partial charge in [0.05, 0.1) is 11.4 Å². The van der Waals surface area contributed by atoms with Crippen molar-refractivity contribution in [1.82, 2.24) is 9.88 Å². The van der Waals surface area contributed by atoms with E-state index in [9.17, 15) is 4.79 Å². The second-order valence-corrected chi connectivity index (χ2v) is 10.8. The normalized spacial score (nSPS) is 22.8. The summed E-state index contributed by atoms with van der Waals surface area (Å²) in [6.45, 7) is 5.80. The third-order valence-electron chi connectivity index (χ3n) is 7.26. The van der Waals surface area contributed by atoms with Gasteiger partial charge in [0.1, 0.15) is 5.60 Å². The summed E-state index contributed by atoms with van der Waals surface area (Å²) < 4.78 is 12.2. The number of nitrogens with zero attached hydrogens (tertiary/aromatic N) is 3. The number of hydrogen-bond donors (Lipinski definition) is 0. The van der Waals surface area contributed by atoms with Crippen LogP contribution in [0.5, 0.6) is 11.5 Å². The Morgan fingerprint density at radius 2 is 1.57 bits per heavy atom. The molecule has 6 heteroatoms. The fraction of sp³-hybridized carbons (Fsp3) is 0.379. The van der Waals surface area contributed by atoms with Gasteiger partial charge in [-0.3, -0.25) is 4.98 Å². The predicted octanol–water partition coefficient (Wildman–Crippen LogP) is 6.92. The van der Waals surface area contributed by atoms with Crippen LogP contribution in [0, 0.1) is 0 Å². The molecule has 0 aliphatic carbocycles. The highest BCUT2D eigenvalue weighted by Crippen LogP contribution is 2.51. The fourth-order valence-electron chi connectivity index (χ4n) is 5.87. The molecule has 1 aromatic heterocycles. The molecule has 0 unspecified atom stereocenters. The molecule has 35 heavy (non-hydrogen) atoms. The number of fused-ring (bicyclic) bond motifs is 4. The Hall–Kier alpha value is -3.54. The molecule has 3 aliphatic rings. The number of anilines is 2. The van der Waals surface area contributed by atoms with Crippen molar-refractivity contribution >= 4 is 17.5 Å². The summed E-state index contributed by atoms with van der Waals surface area (Å²) in [6, 6.07) is 19.4. The van der Waals surface area contributed by atoms with Crippen molar-refractivity contribution in [3.63, 3.8) is 0 Å². The van der Waals surface area contributed by atoms with Crippen LogP contribution in [-0.2, 0) is 4.74 Å². The number of hydrogen-bond acceptors (Lipinski definition) is 5. The van der Waals surface area contributed by atoms with Gasteiger partial charge in [0.25, 0.3) is 0 Å². The molecule has 6 nitrogen and oxygen atoms in total.